The van der Waals surface area contributed by atoms with Crippen molar-refractivity contribution in [1.82, 2.24) is 14.5 Å². The third-order valence-electron chi connectivity index (χ3n) is 3.30. The van der Waals surface area contributed by atoms with Crippen LogP contribution in [0.3, 0.4) is 0 Å². The van der Waals surface area contributed by atoms with Gasteiger partial charge in [-0.05, 0) is 13.0 Å². The normalized spacial score (nSPS) is 15.2. The summed E-state index contributed by atoms with van der Waals surface area (Å²) in [7, 11) is 0. The fourth-order valence-electron chi connectivity index (χ4n) is 2.33. The molecule has 1 N–H and O–H groups in total. The molecule has 0 saturated carbocycles. The molecule has 3 rings (SSSR count). The molecule has 1 aromatic carbocycles. The van der Waals surface area contributed by atoms with Crippen molar-refractivity contribution in [2.24, 2.45) is 0 Å². The van der Waals surface area contributed by atoms with Gasteiger partial charge in [-0.15, -0.1) is 5.10 Å². The molecule has 2 heterocycles. The minimum atomic E-state index is 0.713. The van der Waals surface area contributed by atoms with Gasteiger partial charge in [0.25, 0.3) is 0 Å². The van der Waals surface area contributed by atoms with Crippen LogP contribution in [0.5, 0.6) is 5.75 Å². The van der Waals surface area contributed by atoms with E-state index in [9.17, 15) is 0 Å². The quantitative estimate of drug-likeness (QED) is 0.937. The summed E-state index contributed by atoms with van der Waals surface area (Å²) in [5.41, 5.74) is 2.26. The molecule has 1 aliphatic rings. The van der Waals surface area contributed by atoms with Crippen molar-refractivity contribution in [3.63, 3.8) is 0 Å². The fraction of sp³-hybridized carbons (Fsp3) is 0.429. The second-order valence-electron chi connectivity index (χ2n) is 4.75. The van der Waals surface area contributed by atoms with Gasteiger partial charge in [0.15, 0.2) is 0 Å². The lowest BCUT2D eigenvalue weighted by atomic mass is 10.2. The van der Waals surface area contributed by atoms with Crippen molar-refractivity contribution in [1.29, 1.82) is 0 Å². The van der Waals surface area contributed by atoms with E-state index in [4.69, 9.17) is 4.74 Å². The van der Waals surface area contributed by atoms with E-state index in [0.717, 1.165) is 42.6 Å². The van der Waals surface area contributed by atoms with Gasteiger partial charge < -0.3 is 10.1 Å². The molecule has 0 radical (unpaired) electrons. The van der Waals surface area contributed by atoms with Gasteiger partial charge in [0, 0.05) is 43.3 Å². The Labute approximate surface area is 122 Å². The molecule has 1 aromatic heterocycles. The van der Waals surface area contributed by atoms with Crippen LogP contribution in [-0.4, -0.2) is 34.2 Å². The van der Waals surface area contributed by atoms with Gasteiger partial charge in [-0.2, -0.15) is 0 Å². The molecule has 20 heavy (non-hydrogen) atoms. The zero-order valence-electron chi connectivity index (χ0n) is 11.5. The molecule has 1 aliphatic heterocycles. The summed E-state index contributed by atoms with van der Waals surface area (Å²) < 4.78 is 9.83. The number of hydrogen-bond acceptors (Lipinski definition) is 6. The fourth-order valence-corrected chi connectivity index (χ4v) is 2.97. The highest BCUT2D eigenvalue weighted by molar-refractivity contribution is 7.10. The van der Waals surface area contributed by atoms with Gasteiger partial charge in [0.2, 0.25) is 0 Å². The molecule has 0 atom stereocenters. The Bertz CT molecular complexity index is 572. The highest BCUT2D eigenvalue weighted by Gasteiger charge is 2.17. The van der Waals surface area contributed by atoms with Crippen molar-refractivity contribution in [3.8, 4) is 5.75 Å². The molecule has 0 saturated heterocycles. The van der Waals surface area contributed by atoms with E-state index in [0.29, 0.717) is 6.61 Å². The lowest BCUT2D eigenvalue weighted by molar-refractivity contribution is 0.218. The Morgan fingerprint density at radius 3 is 3.20 bits per heavy atom. The minimum absolute atomic E-state index is 0.713. The topological polar surface area (TPSA) is 50.3 Å². The Morgan fingerprint density at radius 1 is 1.40 bits per heavy atom. The molecule has 0 aliphatic carbocycles. The summed E-state index contributed by atoms with van der Waals surface area (Å²) in [6.07, 6.45) is 0. The first-order valence-corrected chi connectivity index (χ1v) is 7.62. The number of benzene rings is 1. The molecule has 0 unspecified atom stereocenters. The van der Waals surface area contributed by atoms with E-state index < -0.39 is 0 Å². The standard InChI is InChI=1S/C14H18N4OS/c1-2-15-14-12(16-17-20-14)10-18-7-8-19-13-6-4-3-5-11(13)9-18/h3-6,15H,2,7-10H2,1H3. The Balaban J connectivity index is 1.73. The maximum Gasteiger partial charge on any atom is 0.134 e. The van der Waals surface area contributed by atoms with Gasteiger partial charge in [-0.3, -0.25) is 4.90 Å². The Hall–Kier alpha value is -1.66. The van der Waals surface area contributed by atoms with Crippen LogP contribution in [0.15, 0.2) is 24.3 Å². The van der Waals surface area contributed by atoms with Crippen LogP contribution in [0.4, 0.5) is 5.00 Å². The van der Waals surface area contributed by atoms with Crippen LogP contribution in [0.25, 0.3) is 0 Å². The third kappa shape index (κ3) is 2.91. The number of fused-ring (bicyclic) bond motifs is 1. The summed E-state index contributed by atoms with van der Waals surface area (Å²) in [4.78, 5) is 2.35. The predicted octanol–water partition coefficient (Wildman–Crippen LogP) is 2.36. The zero-order chi connectivity index (χ0) is 13.8. The lowest BCUT2D eigenvalue weighted by Gasteiger charge is -2.18. The van der Waals surface area contributed by atoms with Crippen molar-refractivity contribution >= 4 is 16.5 Å². The molecular formula is C14H18N4OS. The SMILES string of the molecule is CCNc1snnc1CN1CCOc2ccccc2C1. The maximum absolute atomic E-state index is 5.78. The van der Waals surface area contributed by atoms with E-state index in [1.54, 1.807) is 0 Å². The molecule has 0 bridgehead atoms. The Kier molecular flexibility index (Phi) is 4.13. The first-order valence-electron chi connectivity index (χ1n) is 6.85. The molecule has 0 amide bonds. The van der Waals surface area contributed by atoms with Crippen LogP contribution in [0.2, 0.25) is 0 Å². The summed E-state index contributed by atoms with van der Waals surface area (Å²) >= 11 is 1.42. The van der Waals surface area contributed by atoms with E-state index in [1.807, 2.05) is 12.1 Å². The van der Waals surface area contributed by atoms with Crippen LogP contribution in [0, 0.1) is 0 Å². The van der Waals surface area contributed by atoms with Crippen molar-refractivity contribution in [3.05, 3.63) is 35.5 Å². The summed E-state index contributed by atoms with van der Waals surface area (Å²) in [5, 5.41) is 8.63. The number of rotatable bonds is 4. The molecular weight excluding hydrogens is 272 g/mol. The molecule has 106 valence electrons. The molecule has 0 spiro atoms. The number of nitrogens with zero attached hydrogens (tertiary/aromatic N) is 3. The zero-order valence-corrected chi connectivity index (χ0v) is 12.3. The highest BCUT2D eigenvalue weighted by atomic mass is 32.1. The van der Waals surface area contributed by atoms with E-state index in [2.05, 4.69) is 38.9 Å². The first kappa shape index (κ1) is 13.3. The summed E-state index contributed by atoms with van der Waals surface area (Å²) in [6.45, 7) is 6.28. The van der Waals surface area contributed by atoms with Crippen molar-refractivity contribution in [2.45, 2.75) is 20.0 Å². The Morgan fingerprint density at radius 2 is 2.30 bits per heavy atom. The smallest absolute Gasteiger partial charge is 0.134 e. The summed E-state index contributed by atoms with van der Waals surface area (Å²) in [6, 6.07) is 8.23. The van der Waals surface area contributed by atoms with E-state index in [1.165, 1.54) is 17.1 Å². The first-order chi connectivity index (χ1) is 9.86. The van der Waals surface area contributed by atoms with Crippen LogP contribution < -0.4 is 10.1 Å². The van der Waals surface area contributed by atoms with Crippen molar-refractivity contribution in [2.75, 3.05) is 25.0 Å². The third-order valence-corrected chi connectivity index (χ3v) is 4.02. The molecule has 0 fully saturated rings. The second-order valence-corrected chi connectivity index (χ2v) is 5.50. The number of para-hydroxylation sites is 1. The average molecular weight is 290 g/mol. The largest absolute Gasteiger partial charge is 0.492 e. The number of hydrogen-bond donors (Lipinski definition) is 1. The molecule has 5 nitrogen and oxygen atoms in total. The monoisotopic (exact) mass is 290 g/mol. The molecule has 2 aromatic rings. The average Bonchev–Trinajstić information content (AvgIpc) is 2.78. The molecule has 6 heteroatoms. The number of nitrogens with one attached hydrogen (secondary N) is 1. The van der Waals surface area contributed by atoms with Gasteiger partial charge in [-0.1, -0.05) is 22.7 Å². The van der Waals surface area contributed by atoms with Gasteiger partial charge >= 0.3 is 0 Å². The van der Waals surface area contributed by atoms with E-state index in [-0.39, 0.29) is 0 Å². The maximum atomic E-state index is 5.78. The van der Waals surface area contributed by atoms with Crippen molar-refractivity contribution < 1.29 is 4.74 Å². The number of aromatic nitrogens is 2. The van der Waals surface area contributed by atoms with E-state index >= 15 is 0 Å². The van der Waals surface area contributed by atoms with Crippen LogP contribution in [0.1, 0.15) is 18.2 Å². The highest BCUT2D eigenvalue weighted by Crippen LogP contribution is 2.25. The number of anilines is 1. The van der Waals surface area contributed by atoms with Gasteiger partial charge in [-0.25, -0.2) is 0 Å². The summed E-state index contributed by atoms with van der Waals surface area (Å²) in [5.74, 6) is 0.998. The van der Waals surface area contributed by atoms with Crippen LogP contribution in [-0.2, 0) is 13.1 Å². The lowest BCUT2D eigenvalue weighted by Crippen LogP contribution is -2.25. The van der Waals surface area contributed by atoms with Crippen LogP contribution >= 0.6 is 11.5 Å². The van der Waals surface area contributed by atoms with Gasteiger partial charge in [0.1, 0.15) is 23.1 Å². The minimum Gasteiger partial charge on any atom is -0.492 e. The van der Waals surface area contributed by atoms with Gasteiger partial charge in [0.05, 0.1) is 0 Å². The second kappa shape index (κ2) is 6.19. The predicted molar refractivity (Wildman–Crippen MR) is 80.1 cm³/mol. The number of ether oxygens (including phenoxy) is 1.